The third-order valence-electron chi connectivity index (χ3n) is 6.34. The van der Waals surface area contributed by atoms with Crippen molar-refractivity contribution >= 4 is 5.91 Å². The Morgan fingerprint density at radius 1 is 1.42 bits per heavy atom. The molecule has 2 aliphatic rings. The lowest BCUT2D eigenvalue weighted by Crippen LogP contribution is -2.52. The molecule has 1 saturated carbocycles. The number of carbonyl (C=O) groups is 1. The fourth-order valence-corrected chi connectivity index (χ4v) is 4.65. The van der Waals surface area contributed by atoms with Crippen molar-refractivity contribution in [3.63, 3.8) is 0 Å². The van der Waals surface area contributed by atoms with Crippen molar-refractivity contribution in [1.29, 1.82) is 0 Å². The number of fused-ring (bicyclic) bond motifs is 1. The molecule has 6 heteroatoms. The van der Waals surface area contributed by atoms with E-state index in [1.54, 1.807) is 6.08 Å². The zero-order valence-corrected chi connectivity index (χ0v) is 19.2. The van der Waals surface area contributed by atoms with Gasteiger partial charge in [-0.15, -0.1) is 6.58 Å². The van der Waals surface area contributed by atoms with E-state index in [0.29, 0.717) is 18.9 Å². The monoisotopic (exact) mass is 430 g/mol. The molecule has 0 radical (unpaired) electrons. The summed E-state index contributed by atoms with van der Waals surface area (Å²) in [5.74, 6) is 1.31. The van der Waals surface area contributed by atoms with Crippen LogP contribution in [0.15, 0.2) is 30.9 Å². The number of rotatable bonds is 11. The van der Waals surface area contributed by atoms with Gasteiger partial charge in [-0.25, -0.2) is 0 Å². The van der Waals surface area contributed by atoms with Gasteiger partial charge in [-0.1, -0.05) is 32.1 Å². The predicted molar refractivity (Wildman–Crippen MR) is 122 cm³/mol. The van der Waals surface area contributed by atoms with E-state index in [4.69, 9.17) is 9.47 Å². The Balaban J connectivity index is 1.71. The molecule has 0 unspecified atom stereocenters. The van der Waals surface area contributed by atoms with Crippen LogP contribution in [0.3, 0.4) is 0 Å². The van der Waals surface area contributed by atoms with Crippen LogP contribution in [0.2, 0.25) is 0 Å². The van der Waals surface area contributed by atoms with Crippen LogP contribution in [0.1, 0.15) is 63.1 Å². The lowest BCUT2D eigenvalue weighted by atomic mass is 9.72. The number of hydrogen-bond donors (Lipinski definition) is 3. The summed E-state index contributed by atoms with van der Waals surface area (Å²) in [6.07, 6.45) is 6.75. The van der Waals surface area contributed by atoms with Gasteiger partial charge in [0.15, 0.2) is 0 Å². The van der Waals surface area contributed by atoms with Gasteiger partial charge in [0.25, 0.3) is 0 Å². The molecule has 3 N–H and O–H groups in total. The van der Waals surface area contributed by atoms with Crippen LogP contribution >= 0.6 is 0 Å². The highest BCUT2D eigenvalue weighted by molar-refractivity contribution is 5.77. The number of carbonyl (C=O) groups excluding carboxylic acids is 1. The molecule has 3 atom stereocenters. The van der Waals surface area contributed by atoms with E-state index in [1.165, 1.54) is 24.7 Å². The third kappa shape index (κ3) is 6.09. The first-order valence-corrected chi connectivity index (χ1v) is 11.5. The molecule has 1 heterocycles. The highest BCUT2D eigenvalue weighted by Crippen LogP contribution is 2.49. The van der Waals surface area contributed by atoms with Crippen molar-refractivity contribution in [2.24, 2.45) is 5.92 Å². The average molecular weight is 431 g/mol. The molecule has 3 rings (SSSR count). The van der Waals surface area contributed by atoms with Crippen LogP contribution in [0.25, 0.3) is 0 Å². The topological polar surface area (TPSA) is 79.8 Å². The minimum atomic E-state index is -0.735. The van der Waals surface area contributed by atoms with Gasteiger partial charge < -0.3 is 25.2 Å². The number of aliphatic hydroxyl groups is 1. The fraction of sp³-hybridized carbons (Fsp3) is 0.640. The SMILES string of the molecule is C=CC[C@H](NC(=O)COC)[C@H](O)CN[C@H]1CC2(CCC2)Oc2ccc(CC(C)C)cc21. The average Bonchev–Trinajstić information content (AvgIpc) is 2.70. The van der Waals surface area contributed by atoms with Crippen LogP contribution in [-0.4, -0.2) is 49.0 Å². The minimum Gasteiger partial charge on any atom is -0.487 e. The first-order valence-electron chi connectivity index (χ1n) is 11.5. The Morgan fingerprint density at radius 3 is 2.81 bits per heavy atom. The van der Waals surface area contributed by atoms with Crippen molar-refractivity contribution in [3.05, 3.63) is 42.0 Å². The molecule has 1 aromatic rings. The lowest BCUT2D eigenvalue weighted by molar-refractivity contribution is -0.126. The number of nitrogens with one attached hydrogen (secondary N) is 2. The summed E-state index contributed by atoms with van der Waals surface area (Å²) >= 11 is 0. The van der Waals surface area contributed by atoms with Crippen molar-refractivity contribution in [1.82, 2.24) is 10.6 Å². The Kier molecular flexibility index (Phi) is 8.14. The van der Waals surface area contributed by atoms with Gasteiger partial charge in [-0.05, 0) is 49.7 Å². The Labute approximate surface area is 186 Å². The van der Waals surface area contributed by atoms with E-state index in [-0.39, 0.29) is 24.2 Å². The Morgan fingerprint density at radius 2 is 2.19 bits per heavy atom. The first-order chi connectivity index (χ1) is 14.9. The number of aliphatic hydroxyl groups excluding tert-OH is 1. The molecule has 31 heavy (non-hydrogen) atoms. The van der Waals surface area contributed by atoms with E-state index in [0.717, 1.165) is 31.4 Å². The summed E-state index contributed by atoms with van der Waals surface area (Å²) in [4.78, 5) is 11.9. The van der Waals surface area contributed by atoms with Gasteiger partial charge in [0.05, 0.1) is 12.1 Å². The van der Waals surface area contributed by atoms with Crippen molar-refractivity contribution < 1.29 is 19.4 Å². The highest BCUT2D eigenvalue weighted by Gasteiger charge is 2.45. The molecule has 1 aliphatic heterocycles. The molecule has 6 nitrogen and oxygen atoms in total. The molecule has 1 spiro atoms. The van der Waals surface area contributed by atoms with Crippen LogP contribution in [-0.2, 0) is 16.0 Å². The maximum Gasteiger partial charge on any atom is 0.246 e. The summed E-state index contributed by atoms with van der Waals surface area (Å²) in [7, 11) is 1.48. The minimum absolute atomic E-state index is 0.0255. The molecule has 1 aromatic carbocycles. The molecule has 0 bridgehead atoms. The lowest BCUT2D eigenvalue weighted by Gasteiger charge is -2.48. The summed E-state index contributed by atoms with van der Waals surface area (Å²) in [5, 5.41) is 17.2. The van der Waals surface area contributed by atoms with E-state index in [1.807, 2.05) is 0 Å². The molecular formula is C25H38N2O4. The van der Waals surface area contributed by atoms with Gasteiger partial charge >= 0.3 is 0 Å². The number of ether oxygens (including phenoxy) is 2. The Bertz CT molecular complexity index is 760. The van der Waals surface area contributed by atoms with E-state index in [2.05, 4.69) is 49.3 Å². The Hall–Kier alpha value is -1.89. The fourth-order valence-electron chi connectivity index (χ4n) is 4.65. The maximum absolute atomic E-state index is 11.9. The largest absolute Gasteiger partial charge is 0.487 e. The number of methoxy groups -OCH3 is 1. The normalized spacial score (nSPS) is 21.0. The van der Waals surface area contributed by atoms with Crippen LogP contribution in [0.4, 0.5) is 0 Å². The first kappa shape index (κ1) is 23.8. The summed E-state index contributed by atoms with van der Waals surface area (Å²) in [6.45, 7) is 8.56. The van der Waals surface area contributed by atoms with Crippen molar-refractivity contribution in [2.75, 3.05) is 20.3 Å². The molecule has 0 saturated heterocycles. The van der Waals surface area contributed by atoms with Crippen LogP contribution in [0, 0.1) is 5.92 Å². The molecule has 0 aromatic heterocycles. The van der Waals surface area contributed by atoms with Gasteiger partial charge in [-0.3, -0.25) is 4.79 Å². The zero-order valence-electron chi connectivity index (χ0n) is 19.2. The summed E-state index contributed by atoms with van der Waals surface area (Å²) in [6, 6.07) is 6.25. The molecular weight excluding hydrogens is 392 g/mol. The zero-order chi connectivity index (χ0) is 22.4. The van der Waals surface area contributed by atoms with Gasteiger partial charge in [0.1, 0.15) is 18.0 Å². The molecule has 1 fully saturated rings. The number of hydrogen-bond acceptors (Lipinski definition) is 5. The maximum atomic E-state index is 11.9. The van der Waals surface area contributed by atoms with Crippen molar-refractivity contribution in [3.8, 4) is 5.75 Å². The van der Waals surface area contributed by atoms with E-state index in [9.17, 15) is 9.90 Å². The van der Waals surface area contributed by atoms with Crippen LogP contribution < -0.4 is 15.4 Å². The second kappa shape index (κ2) is 10.6. The quantitative estimate of drug-likeness (QED) is 0.470. The predicted octanol–water partition coefficient (Wildman–Crippen LogP) is 3.29. The van der Waals surface area contributed by atoms with E-state index >= 15 is 0 Å². The molecule has 172 valence electrons. The third-order valence-corrected chi connectivity index (χ3v) is 6.34. The number of amides is 1. The van der Waals surface area contributed by atoms with Gasteiger partial charge in [0, 0.05) is 31.7 Å². The van der Waals surface area contributed by atoms with Gasteiger partial charge in [0.2, 0.25) is 5.91 Å². The smallest absolute Gasteiger partial charge is 0.246 e. The second-order valence-electron chi connectivity index (χ2n) is 9.47. The van der Waals surface area contributed by atoms with Crippen molar-refractivity contribution in [2.45, 2.75) is 76.2 Å². The van der Waals surface area contributed by atoms with Crippen LogP contribution in [0.5, 0.6) is 5.75 Å². The summed E-state index contributed by atoms with van der Waals surface area (Å²) in [5.41, 5.74) is 2.40. The van der Waals surface area contributed by atoms with E-state index < -0.39 is 12.1 Å². The molecule has 1 amide bonds. The highest BCUT2D eigenvalue weighted by atomic mass is 16.5. The number of benzene rings is 1. The molecule has 1 aliphatic carbocycles. The van der Waals surface area contributed by atoms with Gasteiger partial charge in [-0.2, -0.15) is 0 Å². The summed E-state index contributed by atoms with van der Waals surface area (Å²) < 4.78 is 11.3. The standard InChI is InChI=1S/C25H38N2O4/c1-5-7-20(27-24(29)16-30-4)22(28)15-26-21-14-25(10-6-11-25)31-23-9-8-18(12-17(2)3)13-19(21)23/h5,8-9,13,17,20-22,26,28H,1,6-7,10-12,14-16H2,2-4H3,(H,27,29)/t20-,21-,22+/m0/s1. The second-order valence-corrected chi connectivity index (χ2v) is 9.47.